The molecule has 0 atom stereocenters. The first-order valence-corrected chi connectivity index (χ1v) is 10.8. The van der Waals surface area contributed by atoms with E-state index in [4.69, 9.17) is 18.9 Å². The highest BCUT2D eigenvalue weighted by Gasteiger charge is 1.94. The first-order chi connectivity index (χ1) is 13.5. The summed E-state index contributed by atoms with van der Waals surface area (Å²) in [5, 5.41) is 5.92. The molecule has 0 fully saturated rings. The maximum Gasteiger partial charge on any atom is 0.207 e. The number of amides is 1. The van der Waals surface area contributed by atoms with Crippen molar-refractivity contribution in [3.63, 3.8) is 0 Å². The lowest BCUT2D eigenvalue weighted by atomic mass is 10.3. The van der Waals surface area contributed by atoms with Crippen LogP contribution in [-0.4, -0.2) is 77.9 Å². The fourth-order valence-corrected chi connectivity index (χ4v) is 1.78. The van der Waals surface area contributed by atoms with Crippen molar-refractivity contribution < 1.29 is 23.7 Å². The van der Waals surface area contributed by atoms with Gasteiger partial charge in [-0.15, -0.1) is 0 Å². The number of carbonyl (C=O) groups is 1. The van der Waals surface area contributed by atoms with Gasteiger partial charge in [0.1, 0.15) is 0 Å². The Morgan fingerprint density at radius 3 is 1.61 bits per heavy atom. The second-order valence-electron chi connectivity index (χ2n) is 6.23. The van der Waals surface area contributed by atoms with E-state index in [1.807, 2.05) is 34.6 Å². The predicted octanol–water partition coefficient (Wildman–Crippen LogP) is 3.02. The van der Waals surface area contributed by atoms with Crippen LogP contribution in [0.2, 0.25) is 0 Å². The SMILES string of the molecule is CC.CC(C)NCCCOCCOCCOCCCNC=O.CCOC(C)C. The molecule has 0 bridgehead atoms. The second kappa shape index (κ2) is 31.0. The third-order valence-electron chi connectivity index (χ3n) is 2.96. The van der Waals surface area contributed by atoms with E-state index in [9.17, 15) is 4.79 Å². The molecular formula is C21H48N2O5. The predicted molar refractivity (Wildman–Crippen MR) is 117 cm³/mol. The Bertz CT molecular complexity index is 267. The summed E-state index contributed by atoms with van der Waals surface area (Å²) in [5.41, 5.74) is 0. The molecule has 7 heteroatoms. The molecule has 0 saturated heterocycles. The molecule has 0 aliphatic rings. The Morgan fingerprint density at radius 2 is 1.25 bits per heavy atom. The molecule has 0 rings (SSSR count). The summed E-state index contributed by atoms with van der Waals surface area (Å²) >= 11 is 0. The molecule has 0 saturated carbocycles. The normalized spacial score (nSPS) is 10.2. The zero-order valence-corrected chi connectivity index (χ0v) is 19.6. The van der Waals surface area contributed by atoms with Crippen LogP contribution in [0, 0.1) is 0 Å². The Kier molecular flexibility index (Phi) is 35.3. The van der Waals surface area contributed by atoms with Crippen molar-refractivity contribution in [2.45, 2.75) is 73.5 Å². The van der Waals surface area contributed by atoms with Crippen LogP contribution in [0.4, 0.5) is 0 Å². The van der Waals surface area contributed by atoms with Gasteiger partial charge < -0.3 is 29.6 Å². The average Bonchev–Trinajstić information content (AvgIpc) is 2.66. The van der Waals surface area contributed by atoms with Crippen molar-refractivity contribution >= 4 is 6.41 Å². The van der Waals surface area contributed by atoms with Crippen LogP contribution in [0.3, 0.4) is 0 Å². The monoisotopic (exact) mass is 408 g/mol. The molecular weight excluding hydrogens is 360 g/mol. The van der Waals surface area contributed by atoms with Gasteiger partial charge in [0.15, 0.2) is 0 Å². The van der Waals surface area contributed by atoms with Crippen LogP contribution in [0.1, 0.15) is 61.3 Å². The Hall–Kier alpha value is -0.730. The summed E-state index contributed by atoms with van der Waals surface area (Å²) in [6.45, 7) is 20.6. The number of ether oxygens (including phenoxy) is 4. The van der Waals surface area contributed by atoms with Gasteiger partial charge in [0.2, 0.25) is 6.41 Å². The van der Waals surface area contributed by atoms with Gasteiger partial charge in [0.25, 0.3) is 0 Å². The quantitative estimate of drug-likeness (QED) is 0.268. The minimum atomic E-state index is 0.398. The smallest absolute Gasteiger partial charge is 0.207 e. The number of nitrogens with one attached hydrogen (secondary N) is 2. The zero-order valence-electron chi connectivity index (χ0n) is 19.6. The summed E-state index contributed by atoms with van der Waals surface area (Å²) in [7, 11) is 0. The lowest BCUT2D eigenvalue weighted by molar-refractivity contribution is -0.109. The summed E-state index contributed by atoms with van der Waals surface area (Å²) in [5.74, 6) is 0. The van der Waals surface area contributed by atoms with E-state index in [0.717, 1.165) is 32.6 Å². The molecule has 0 aromatic rings. The molecule has 172 valence electrons. The Labute approximate surface area is 174 Å². The molecule has 0 heterocycles. The van der Waals surface area contributed by atoms with Gasteiger partial charge in [-0.3, -0.25) is 4.79 Å². The van der Waals surface area contributed by atoms with Crippen LogP contribution in [0.5, 0.6) is 0 Å². The third-order valence-corrected chi connectivity index (χ3v) is 2.96. The van der Waals surface area contributed by atoms with Crippen molar-refractivity contribution in [1.29, 1.82) is 0 Å². The highest BCUT2D eigenvalue weighted by atomic mass is 16.5. The van der Waals surface area contributed by atoms with E-state index >= 15 is 0 Å². The molecule has 1 amide bonds. The molecule has 0 aromatic carbocycles. The van der Waals surface area contributed by atoms with Crippen molar-refractivity contribution in [2.75, 3.05) is 59.3 Å². The molecule has 0 aliphatic heterocycles. The average molecular weight is 409 g/mol. The maximum absolute atomic E-state index is 9.97. The van der Waals surface area contributed by atoms with Gasteiger partial charge in [0.05, 0.1) is 32.5 Å². The third kappa shape index (κ3) is 40.1. The number of hydrogen-bond acceptors (Lipinski definition) is 6. The second-order valence-corrected chi connectivity index (χ2v) is 6.23. The van der Waals surface area contributed by atoms with Crippen LogP contribution >= 0.6 is 0 Å². The molecule has 0 radical (unpaired) electrons. The largest absolute Gasteiger partial charge is 0.379 e. The molecule has 0 spiro atoms. The lowest BCUT2D eigenvalue weighted by Gasteiger charge is -2.08. The van der Waals surface area contributed by atoms with Crippen LogP contribution in [-0.2, 0) is 23.7 Å². The van der Waals surface area contributed by atoms with E-state index in [0.29, 0.717) is 58.1 Å². The van der Waals surface area contributed by atoms with Crippen molar-refractivity contribution in [3.8, 4) is 0 Å². The minimum absolute atomic E-state index is 0.398. The van der Waals surface area contributed by atoms with Crippen LogP contribution < -0.4 is 10.6 Å². The van der Waals surface area contributed by atoms with Gasteiger partial charge in [-0.1, -0.05) is 27.7 Å². The van der Waals surface area contributed by atoms with Crippen LogP contribution in [0.25, 0.3) is 0 Å². The van der Waals surface area contributed by atoms with Crippen molar-refractivity contribution in [3.05, 3.63) is 0 Å². The van der Waals surface area contributed by atoms with Gasteiger partial charge in [-0.05, 0) is 40.2 Å². The van der Waals surface area contributed by atoms with E-state index in [1.165, 1.54) is 0 Å². The van der Waals surface area contributed by atoms with Crippen molar-refractivity contribution in [1.82, 2.24) is 10.6 Å². The Balaban J connectivity index is -0.000000660. The van der Waals surface area contributed by atoms with Crippen LogP contribution in [0.15, 0.2) is 0 Å². The maximum atomic E-state index is 9.97. The molecule has 7 nitrogen and oxygen atoms in total. The van der Waals surface area contributed by atoms with Gasteiger partial charge in [0, 0.05) is 32.4 Å². The van der Waals surface area contributed by atoms with E-state index in [1.54, 1.807) is 0 Å². The summed E-state index contributed by atoms with van der Waals surface area (Å²) < 4.78 is 21.2. The summed E-state index contributed by atoms with van der Waals surface area (Å²) in [6, 6.07) is 0.535. The van der Waals surface area contributed by atoms with E-state index in [2.05, 4.69) is 24.5 Å². The van der Waals surface area contributed by atoms with Gasteiger partial charge >= 0.3 is 0 Å². The van der Waals surface area contributed by atoms with Gasteiger partial charge in [-0.2, -0.15) is 0 Å². The highest BCUT2D eigenvalue weighted by Crippen LogP contribution is 1.86. The first kappa shape index (κ1) is 31.9. The summed E-state index contributed by atoms with van der Waals surface area (Å²) in [6.07, 6.45) is 2.94. The van der Waals surface area contributed by atoms with E-state index < -0.39 is 0 Å². The zero-order chi connectivity index (χ0) is 21.9. The molecule has 2 N–H and O–H groups in total. The summed E-state index contributed by atoms with van der Waals surface area (Å²) in [4.78, 5) is 9.97. The number of hydrogen-bond donors (Lipinski definition) is 2. The van der Waals surface area contributed by atoms with Gasteiger partial charge in [-0.25, -0.2) is 0 Å². The fourth-order valence-electron chi connectivity index (χ4n) is 1.78. The standard InChI is InChI=1S/C14H30N2O4.C5H12O.C2H6/c1-14(2)16-6-4-8-19-10-12-20-11-9-18-7-3-5-15-13-17;1-4-6-5(2)3;1-2/h13-14,16H,3-12H2,1-2H3,(H,15,17);5H,4H2,1-3H3;1-2H3. The van der Waals surface area contributed by atoms with E-state index in [-0.39, 0.29) is 0 Å². The first-order valence-electron chi connectivity index (χ1n) is 10.8. The molecule has 0 unspecified atom stereocenters. The molecule has 0 aromatic heterocycles. The number of carbonyl (C=O) groups excluding carboxylic acids is 1. The highest BCUT2D eigenvalue weighted by molar-refractivity contribution is 5.45. The lowest BCUT2D eigenvalue weighted by Crippen LogP contribution is -2.24. The number of rotatable bonds is 18. The minimum Gasteiger partial charge on any atom is -0.379 e. The van der Waals surface area contributed by atoms with Crippen molar-refractivity contribution in [2.24, 2.45) is 0 Å². The Morgan fingerprint density at radius 1 is 0.786 bits per heavy atom. The fraction of sp³-hybridized carbons (Fsp3) is 0.952. The molecule has 0 aliphatic carbocycles. The molecule has 28 heavy (non-hydrogen) atoms. The topological polar surface area (TPSA) is 78.0 Å².